The molecular formula is C10H9BrF3NOS. The Balaban J connectivity index is 2.93. The zero-order valence-corrected chi connectivity index (χ0v) is 11.2. The van der Waals surface area contributed by atoms with Crippen molar-refractivity contribution in [2.45, 2.75) is 11.1 Å². The lowest BCUT2D eigenvalue weighted by Crippen LogP contribution is -2.35. The van der Waals surface area contributed by atoms with Gasteiger partial charge in [0.25, 0.3) is 5.91 Å². The number of hydrogen-bond donors (Lipinski definition) is 1. The Morgan fingerprint density at radius 1 is 1.47 bits per heavy atom. The SMILES string of the molecule is CN(CC(F)(F)F)C(=O)c1cc(S)ccc1Br. The largest absolute Gasteiger partial charge is 0.406 e. The first-order valence-corrected chi connectivity index (χ1v) is 5.75. The van der Waals surface area contributed by atoms with E-state index in [0.29, 0.717) is 14.3 Å². The molecule has 0 saturated heterocycles. The van der Waals surface area contributed by atoms with Crippen LogP contribution in [0.5, 0.6) is 0 Å². The van der Waals surface area contributed by atoms with Crippen LogP contribution in [0, 0.1) is 0 Å². The number of carbonyl (C=O) groups excluding carboxylic acids is 1. The summed E-state index contributed by atoms with van der Waals surface area (Å²) >= 11 is 7.15. The summed E-state index contributed by atoms with van der Waals surface area (Å²) in [5, 5.41) is 0. The Hall–Kier alpha value is -0.690. The molecule has 0 aliphatic rings. The molecule has 1 rings (SSSR count). The standard InChI is InChI=1S/C10H9BrF3NOS/c1-15(5-10(12,13)14)9(16)7-4-6(17)2-3-8(7)11/h2-4,17H,5H2,1H3. The first kappa shape index (κ1) is 14.4. The van der Waals surface area contributed by atoms with Gasteiger partial charge in [-0.05, 0) is 34.1 Å². The number of thiol groups is 1. The number of benzene rings is 1. The quantitative estimate of drug-likeness (QED) is 0.826. The van der Waals surface area contributed by atoms with Crippen LogP contribution in [0.1, 0.15) is 10.4 Å². The van der Waals surface area contributed by atoms with Gasteiger partial charge in [-0.15, -0.1) is 12.6 Å². The van der Waals surface area contributed by atoms with E-state index >= 15 is 0 Å². The number of carbonyl (C=O) groups is 1. The average molecular weight is 328 g/mol. The molecule has 1 aromatic rings. The minimum absolute atomic E-state index is 0.157. The summed E-state index contributed by atoms with van der Waals surface area (Å²) in [6.45, 7) is -1.28. The summed E-state index contributed by atoms with van der Waals surface area (Å²) < 4.78 is 36.9. The third-order valence-corrected chi connectivity index (χ3v) is 2.91. The van der Waals surface area contributed by atoms with E-state index in [1.165, 1.54) is 6.07 Å². The predicted octanol–water partition coefficient (Wildman–Crippen LogP) is 3.37. The number of alkyl halides is 3. The third-order valence-electron chi connectivity index (χ3n) is 1.94. The van der Waals surface area contributed by atoms with Crippen molar-refractivity contribution in [3.63, 3.8) is 0 Å². The van der Waals surface area contributed by atoms with Crippen LogP contribution in [0.25, 0.3) is 0 Å². The molecule has 0 spiro atoms. The highest BCUT2D eigenvalue weighted by atomic mass is 79.9. The summed E-state index contributed by atoms with van der Waals surface area (Å²) in [6.07, 6.45) is -4.41. The van der Waals surface area contributed by atoms with Crippen molar-refractivity contribution < 1.29 is 18.0 Å². The molecule has 0 saturated carbocycles. The molecule has 0 fully saturated rings. The van der Waals surface area contributed by atoms with Gasteiger partial charge in [0.1, 0.15) is 6.54 Å². The Bertz CT molecular complexity index is 436. The van der Waals surface area contributed by atoms with E-state index in [2.05, 4.69) is 28.6 Å². The van der Waals surface area contributed by atoms with Crippen LogP contribution in [0.15, 0.2) is 27.6 Å². The molecule has 0 bridgehead atoms. The maximum atomic E-state index is 12.1. The van der Waals surface area contributed by atoms with Gasteiger partial charge < -0.3 is 4.90 Å². The van der Waals surface area contributed by atoms with Crippen LogP contribution in [0.2, 0.25) is 0 Å². The fraction of sp³-hybridized carbons (Fsp3) is 0.300. The fourth-order valence-electron chi connectivity index (χ4n) is 1.22. The average Bonchev–Trinajstić information content (AvgIpc) is 2.18. The van der Waals surface area contributed by atoms with E-state index in [9.17, 15) is 18.0 Å². The molecule has 1 amide bonds. The maximum absolute atomic E-state index is 12.1. The lowest BCUT2D eigenvalue weighted by Gasteiger charge is -2.19. The Morgan fingerprint density at radius 2 is 2.06 bits per heavy atom. The van der Waals surface area contributed by atoms with Crippen molar-refractivity contribution in [2.24, 2.45) is 0 Å². The van der Waals surface area contributed by atoms with Crippen LogP contribution < -0.4 is 0 Å². The third kappa shape index (κ3) is 4.23. The second-order valence-corrected chi connectivity index (χ2v) is 4.81. The second kappa shape index (κ2) is 5.30. The molecule has 0 unspecified atom stereocenters. The normalized spacial score (nSPS) is 11.4. The molecule has 0 atom stereocenters. The molecule has 0 aliphatic carbocycles. The monoisotopic (exact) mass is 327 g/mol. The number of nitrogens with zero attached hydrogens (tertiary/aromatic N) is 1. The van der Waals surface area contributed by atoms with Gasteiger partial charge in [-0.3, -0.25) is 4.79 Å². The molecule has 0 heterocycles. The Kier molecular flexibility index (Phi) is 4.48. The Morgan fingerprint density at radius 3 is 2.59 bits per heavy atom. The zero-order valence-electron chi connectivity index (χ0n) is 8.75. The van der Waals surface area contributed by atoms with E-state index < -0.39 is 18.6 Å². The first-order valence-electron chi connectivity index (χ1n) is 4.51. The first-order chi connectivity index (χ1) is 7.70. The highest BCUT2D eigenvalue weighted by molar-refractivity contribution is 9.10. The molecule has 7 heteroatoms. The fourth-order valence-corrected chi connectivity index (χ4v) is 1.84. The molecule has 1 aromatic carbocycles. The molecule has 0 N–H and O–H groups in total. The maximum Gasteiger partial charge on any atom is 0.406 e. The molecule has 0 radical (unpaired) electrons. The highest BCUT2D eigenvalue weighted by Gasteiger charge is 2.31. The predicted molar refractivity (Wildman–Crippen MR) is 64.4 cm³/mol. The number of rotatable bonds is 2. The zero-order chi connectivity index (χ0) is 13.2. The number of halogens is 4. The van der Waals surface area contributed by atoms with Crippen molar-refractivity contribution in [1.29, 1.82) is 0 Å². The highest BCUT2D eigenvalue weighted by Crippen LogP contribution is 2.23. The Labute approximate surface area is 110 Å². The van der Waals surface area contributed by atoms with Crippen LogP contribution in [-0.4, -0.2) is 30.6 Å². The van der Waals surface area contributed by atoms with Gasteiger partial charge in [0.2, 0.25) is 0 Å². The molecule has 0 aliphatic heterocycles. The van der Waals surface area contributed by atoms with Gasteiger partial charge in [-0.25, -0.2) is 0 Å². The number of hydrogen-bond acceptors (Lipinski definition) is 2. The lowest BCUT2D eigenvalue weighted by atomic mass is 10.2. The summed E-state index contributed by atoms with van der Waals surface area (Å²) in [4.78, 5) is 12.9. The summed E-state index contributed by atoms with van der Waals surface area (Å²) in [7, 11) is 1.10. The van der Waals surface area contributed by atoms with Crippen molar-refractivity contribution in [2.75, 3.05) is 13.6 Å². The minimum Gasteiger partial charge on any atom is -0.333 e. The van der Waals surface area contributed by atoms with Crippen molar-refractivity contribution in [3.05, 3.63) is 28.2 Å². The van der Waals surface area contributed by atoms with Gasteiger partial charge in [0, 0.05) is 16.4 Å². The minimum atomic E-state index is -4.41. The van der Waals surface area contributed by atoms with Gasteiger partial charge in [-0.1, -0.05) is 0 Å². The van der Waals surface area contributed by atoms with Gasteiger partial charge in [0.15, 0.2) is 0 Å². The van der Waals surface area contributed by atoms with Crippen LogP contribution >= 0.6 is 28.6 Å². The van der Waals surface area contributed by atoms with E-state index in [0.717, 1.165) is 7.05 Å². The van der Waals surface area contributed by atoms with Crippen LogP contribution in [-0.2, 0) is 0 Å². The summed E-state index contributed by atoms with van der Waals surface area (Å²) in [5.74, 6) is -0.704. The van der Waals surface area contributed by atoms with Crippen molar-refractivity contribution in [3.8, 4) is 0 Å². The molecule has 2 nitrogen and oxygen atoms in total. The van der Waals surface area contributed by atoms with Crippen molar-refractivity contribution >= 4 is 34.5 Å². The number of amides is 1. The summed E-state index contributed by atoms with van der Waals surface area (Å²) in [5.41, 5.74) is 0.157. The topological polar surface area (TPSA) is 20.3 Å². The van der Waals surface area contributed by atoms with Crippen LogP contribution in [0.3, 0.4) is 0 Å². The van der Waals surface area contributed by atoms with E-state index in [-0.39, 0.29) is 5.56 Å². The van der Waals surface area contributed by atoms with Gasteiger partial charge >= 0.3 is 6.18 Å². The van der Waals surface area contributed by atoms with Crippen molar-refractivity contribution in [1.82, 2.24) is 4.90 Å². The second-order valence-electron chi connectivity index (χ2n) is 3.44. The lowest BCUT2D eigenvalue weighted by molar-refractivity contribution is -0.138. The molecule has 0 aromatic heterocycles. The van der Waals surface area contributed by atoms with Gasteiger partial charge in [0.05, 0.1) is 5.56 Å². The molecule has 17 heavy (non-hydrogen) atoms. The van der Waals surface area contributed by atoms with E-state index in [4.69, 9.17) is 0 Å². The van der Waals surface area contributed by atoms with Gasteiger partial charge in [-0.2, -0.15) is 13.2 Å². The molecular weight excluding hydrogens is 319 g/mol. The van der Waals surface area contributed by atoms with Crippen LogP contribution in [0.4, 0.5) is 13.2 Å². The van der Waals surface area contributed by atoms with E-state index in [1.54, 1.807) is 12.1 Å². The smallest absolute Gasteiger partial charge is 0.333 e. The van der Waals surface area contributed by atoms with E-state index in [1.807, 2.05) is 0 Å². The summed E-state index contributed by atoms with van der Waals surface area (Å²) in [6, 6.07) is 4.62. The molecule has 94 valence electrons.